The van der Waals surface area contributed by atoms with E-state index in [2.05, 4.69) is 30.1 Å². The van der Waals surface area contributed by atoms with Gasteiger partial charge in [-0.2, -0.15) is 0 Å². The van der Waals surface area contributed by atoms with Crippen molar-refractivity contribution < 1.29 is 4.74 Å². The van der Waals surface area contributed by atoms with Gasteiger partial charge in [0.1, 0.15) is 5.75 Å². The van der Waals surface area contributed by atoms with Gasteiger partial charge in [-0.25, -0.2) is 4.98 Å². The van der Waals surface area contributed by atoms with Gasteiger partial charge in [-0.15, -0.1) is 11.3 Å². The molecule has 118 valence electrons. The van der Waals surface area contributed by atoms with Gasteiger partial charge in [-0.1, -0.05) is 24.3 Å². The summed E-state index contributed by atoms with van der Waals surface area (Å²) in [7, 11) is 1.69. The lowest BCUT2D eigenvalue weighted by atomic mass is 10.0. The van der Waals surface area contributed by atoms with Crippen LogP contribution in [0.5, 0.6) is 5.75 Å². The zero-order valence-electron chi connectivity index (χ0n) is 13.5. The highest BCUT2D eigenvalue weighted by Crippen LogP contribution is 2.40. The normalized spacial score (nSPS) is 10.9. The Hall–Kier alpha value is -2.72. The summed E-state index contributed by atoms with van der Waals surface area (Å²) in [4.78, 5) is 11.9. The van der Waals surface area contributed by atoms with Crippen molar-refractivity contribution in [2.24, 2.45) is 0 Å². The summed E-state index contributed by atoms with van der Waals surface area (Å²) >= 11 is 1.77. The molecule has 4 aromatic rings. The maximum Gasteiger partial charge on any atom is 0.128 e. The van der Waals surface area contributed by atoms with Crippen molar-refractivity contribution in [1.29, 1.82) is 0 Å². The maximum atomic E-state index is 5.62. The van der Waals surface area contributed by atoms with Crippen LogP contribution in [0.15, 0.2) is 60.8 Å². The molecule has 4 heteroatoms. The molecule has 4 rings (SSSR count). The van der Waals surface area contributed by atoms with Crippen molar-refractivity contribution in [3.8, 4) is 27.4 Å². The molecule has 0 aliphatic heterocycles. The molecule has 2 aromatic heterocycles. The minimum Gasteiger partial charge on any atom is -0.496 e. The summed E-state index contributed by atoms with van der Waals surface area (Å²) in [6, 6.07) is 18.3. The molecule has 2 heterocycles. The minimum absolute atomic E-state index is 0.808. The van der Waals surface area contributed by atoms with E-state index in [-0.39, 0.29) is 0 Å². The van der Waals surface area contributed by atoms with E-state index in [9.17, 15) is 0 Å². The second kappa shape index (κ2) is 6.06. The third-order valence-corrected chi connectivity index (χ3v) is 4.99. The van der Waals surface area contributed by atoms with Crippen LogP contribution in [0.25, 0.3) is 32.7 Å². The average Bonchev–Trinajstić information content (AvgIpc) is 3.07. The van der Waals surface area contributed by atoms with E-state index in [1.165, 1.54) is 9.75 Å². The molecule has 0 saturated carbocycles. The number of aromatic nitrogens is 2. The topological polar surface area (TPSA) is 35.0 Å². The van der Waals surface area contributed by atoms with Gasteiger partial charge in [0.25, 0.3) is 0 Å². The quantitative estimate of drug-likeness (QED) is 0.508. The monoisotopic (exact) mass is 332 g/mol. The highest BCUT2D eigenvalue weighted by Gasteiger charge is 2.16. The molecule has 0 aliphatic rings. The number of ether oxygens (including phenoxy) is 1. The lowest BCUT2D eigenvalue weighted by molar-refractivity contribution is 0.416. The number of nitrogens with zero attached hydrogens (tertiary/aromatic N) is 2. The number of rotatable bonds is 3. The molecular weight excluding hydrogens is 316 g/mol. The molecule has 0 bridgehead atoms. The standard InChI is InChI=1S/C20H16N2OS/c1-13-10-11-19(24-13)14-6-5-9-18(23-2)20(14)17-12-21-15-7-3-4-8-16(15)22-17/h3-12H,1-2H3. The fraction of sp³-hybridized carbons (Fsp3) is 0.100. The summed E-state index contributed by atoms with van der Waals surface area (Å²) < 4.78 is 5.62. The Morgan fingerprint density at radius 1 is 0.917 bits per heavy atom. The molecule has 3 nitrogen and oxygen atoms in total. The largest absolute Gasteiger partial charge is 0.496 e. The molecule has 0 atom stereocenters. The first-order valence-electron chi connectivity index (χ1n) is 7.72. The van der Waals surface area contributed by atoms with Crippen molar-refractivity contribution in [2.45, 2.75) is 6.92 Å². The fourth-order valence-electron chi connectivity index (χ4n) is 2.83. The van der Waals surface area contributed by atoms with Crippen molar-refractivity contribution in [3.05, 3.63) is 65.7 Å². The third kappa shape index (κ3) is 2.55. The van der Waals surface area contributed by atoms with E-state index in [1.807, 2.05) is 42.6 Å². The second-order valence-electron chi connectivity index (χ2n) is 5.54. The second-order valence-corrected chi connectivity index (χ2v) is 6.82. The van der Waals surface area contributed by atoms with Crippen LogP contribution in [0, 0.1) is 6.92 Å². The number of hydrogen-bond donors (Lipinski definition) is 0. The van der Waals surface area contributed by atoms with Crippen LogP contribution in [-0.2, 0) is 0 Å². The Bertz CT molecular complexity index is 1020. The zero-order valence-corrected chi connectivity index (χ0v) is 14.3. The SMILES string of the molecule is COc1cccc(-c2ccc(C)s2)c1-c1cnc2ccccc2n1. The number of fused-ring (bicyclic) bond motifs is 1. The molecule has 0 fully saturated rings. The Morgan fingerprint density at radius 3 is 2.50 bits per heavy atom. The predicted molar refractivity (Wildman–Crippen MR) is 99.6 cm³/mol. The van der Waals surface area contributed by atoms with Gasteiger partial charge in [-0.05, 0) is 37.3 Å². The molecule has 24 heavy (non-hydrogen) atoms. The first-order valence-corrected chi connectivity index (χ1v) is 8.54. The Labute approximate surface area is 144 Å². The molecule has 0 spiro atoms. The lowest BCUT2D eigenvalue weighted by Gasteiger charge is -2.13. The van der Waals surface area contributed by atoms with Gasteiger partial charge < -0.3 is 4.74 Å². The summed E-state index contributed by atoms with van der Waals surface area (Å²) in [6.45, 7) is 2.11. The van der Waals surface area contributed by atoms with Gasteiger partial charge >= 0.3 is 0 Å². The Morgan fingerprint density at radius 2 is 1.75 bits per heavy atom. The number of aryl methyl sites for hydroxylation is 1. The summed E-state index contributed by atoms with van der Waals surface area (Å²) in [5, 5.41) is 0. The molecule has 0 N–H and O–H groups in total. The van der Waals surface area contributed by atoms with Gasteiger partial charge in [0, 0.05) is 15.3 Å². The number of benzene rings is 2. The van der Waals surface area contributed by atoms with Gasteiger partial charge in [0.2, 0.25) is 0 Å². The first-order chi connectivity index (χ1) is 11.8. The van der Waals surface area contributed by atoms with Crippen LogP contribution in [0.2, 0.25) is 0 Å². The van der Waals surface area contributed by atoms with Crippen LogP contribution in [0.4, 0.5) is 0 Å². The smallest absolute Gasteiger partial charge is 0.128 e. The predicted octanol–water partition coefficient (Wildman–Crippen LogP) is 5.34. The summed E-state index contributed by atoms with van der Waals surface area (Å²) in [6.07, 6.45) is 1.82. The number of para-hydroxylation sites is 2. The van der Waals surface area contributed by atoms with Crippen LogP contribution < -0.4 is 4.74 Å². The van der Waals surface area contributed by atoms with Gasteiger partial charge in [0.05, 0.1) is 35.6 Å². The van der Waals surface area contributed by atoms with Gasteiger partial charge in [-0.3, -0.25) is 4.98 Å². The van der Waals surface area contributed by atoms with E-state index in [4.69, 9.17) is 9.72 Å². The van der Waals surface area contributed by atoms with Crippen molar-refractivity contribution >= 4 is 22.4 Å². The van der Waals surface area contributed by atoms with Crippen LogP contribution in [0.3, 0.4) is 0 Å². The Balaban J connectivity index is 1.98. The van der Waals surface area contributed by atoms with E-state index >= 15 is 0 Å². The molecule has 0 amide bonds. The fourth-order valence-corrected chi connectivity index (χ4v) is 3.73. The van der Waals surface area contributed by atoms with Crippen LogP contribution >= 0.6 is 11.3 Å². The molecular formula is C20H16N2OS. The number of methoxy groups -OCH3 is 1. The highest BCUT2D eigenvalue weighted by atomic mass is 32.1. The maximum absolute atomic E-state index is 5.62. The summed E-state index contributed by atoms with van der Waals surface area (Å²) in [5.41, 5.74) is 4.71. The number of thiophene rings is 1. The third-order valence-electron chi connectivity index (χ3n) is 3.96. The molecule has 0 saturated heterocycles. The van der Waals surface area contributed by atoms with Crippen molar-refractivity contribution in [2.75, 3.05) is 7.11 Å². The van der Waals surface area contributed by atoms with E-state index < -0.39 is 0 Å². The number of hydrogen-bond acceptors (Lipinski definition) is 4. The van der Waals surface area contributed by atoms with Crippen molar-refractivity contribution in [1.82, 2.24) is 9.97 Å². The minimum atomic E-state index is 0.808. The Kier molecular flexibility index (Phi) is 3.75. The molecule has 0 aliphatic carbocycles. The van der Waals surface area contributed by atoms with Gasteiger partial charge in [0.15, 0.2) is 0 Å². The average molecular weight is 332 g/mol. The highest BCUT2D eigenvalue weighted by molar-refractivity contribution is 7.15. The molecule has 2 aromatic carbocycles. The van der Waals surface area contributed by atoms with Crippen LogP contribution in [-0.4, -0.2) is 17.1 Å². The van der Waals surface area contributed by atoms with E-state index in [1.54, 1.807) is 18.4 Å². The lowest BCUT2D eigenvalue weighted by Crippen LogP contribution is -1.94. The van der Waals surface area contributed by atoms with E-state index in [0.717, 1.165) is 33.6 Å². The molecule has 0 radical (unpaired) electrons. The zero-order chi connectivity index (χ0) is 16.5. The molecule has 0 unspecified atom stereocenters. The first kappa shape index (κ1) is 14.8. The van der Waals surface area contributed by atoms with Crippen molar-refractivity contribution in [3.63, 3.8) is 0 Å². The van der Waals surface area contributed by atoms with Crippen LogP contribution in [0.1, 0.15) is 4.88 Å². The summed E-state index contributed by atoms with van der Waals surface area (Å²) in [5.74, 6) is 0.808. The van der Waals surface area contributed by atoms with E-state index in [0.29, 0.717) is 0 Å².